The average Bonchev–Trinajstić information content (AvgIpc) is 2.48. The monoisotopic (exact) mass is 342 g/mol. The van der Waals surface area contributed by atoms with Crippen molar-refractivity contribution in [2.75, 3.05) is 19.3 Å². The Morgan fingerprint density at radius 1 is 0.957 bits per heavy atom. The van der Waals surface area contributed by atoms with E-state index in [1.807, 2.05) is 11.8 Å². The first-order valence-electron chi connectivity index (χ1n) is 9.57. The summed E-state index contributed by atoms with van der Waals surface area (Å²) in [6.07, 6.45) is 13.9. The molecule has 138 valence electrons. The molecule has 0 aliphatic carbocycles. The van der Waals surface area contributed by atoms with Crippen LogP contribution >= 0.6 is 11.8 Å². The molecule has 0 fully saturated rings. The molecule has 0 aliphatic rings. The Morgan fingerprint density at radius 2 is 1.52 bits per heavy atom. The minimum absolute atomic E-state index is 0.408. The minimum atomic E-state index is 0.408. The van der Waals surface area contributed by atoms with E-state index in [0.717, 1.165) is 13.0 Å². The van der Waals surface area contributed by atoms with Crippen molar-refractivity contribution in [3.8, 4) is 0 Å². The Bertz CT molecular complexity index is 287. The molecule has 0 radical (unpaired) electrons. The summed E-state index contributed by atoms with van der Waals surface area (Å²) < 4.78 is 0.408. The highest BCUT2D eigenvalue weighted by Crippen LogP contribution is 2.27. The normalized spacial score (nSPS) is 11.9. The van der Waals surface area contributed by atoms with E-state index in [4.69, 9.17) is 0 Å². The summed E-state index contributed by atoms with van der Waals surface area (Å²) in [6.45, 7) is 15.5. The number of allylic oxidation sites excluding steroid dienone is 1. The van der Waals surface area contributed by atoms with Crippen LogP contribution < -0.4 is 10.6 Å². The van der Waals surface area contributed by atoms with Crippen molar-refractivity contribution < 1.29 is 0 Å². The Labute approximate surface area is 150 Å². The fourth-order valence-corrected chi connectivity index (χ4v) is 2.88. The van der Waals surface area contributed by atoms with E-state index in [-0.39, 0.29) is 0 Å². The predicted molar refractivity (Wildman–Crippen MR) is 109 cm³/mol. The predicted octanol–water partition coefficient (Wildman–Crippen LogP) is 5.74. The van der Waals surface area contributed by atoms with Crippen LogP contribution in [0.3, 0.4) is 0 Å². The molecular formula is C20H42N2S. The number of unbranched alkanes of at least 4 members (excludes halogenated alkanes) is 5. The van der Waals surface area contributed by atoms with Gasteiger partial charge in [-0.25, -0.2) is 0 Å². The van der Waals surface area contributed by atoms with Crippen LogP contribution in [0, 0.1) is 0 Å². The fourth-order valence-electron chi connectivity index (χ4n) is 2.53. The molecule has 0 atom stereocenters. The van der Waals surface area contributed by atoms with Crippen LogP contribution in [-0.4, -0.2) is 30.1 Å². The van der Waals surface area contributed by atoms with Gasteiger partial charge in [0.2, 0.25) is 0 Å². The van der Waals surface area contributed by atoms with Crippen molar-refractivity contribution in [2.24, 2.45) is 0 Å². The SMILES string of the molecule is C=C(CCCC(C)(C)SC)NCCCCCCCCNC(C)C. The van der Waals surface area contributed by atoms with E-state index >= 15 is 0 Å². The Morgan fingerprint density at radius 3 is 2.09 bits per heavy atom. The third-order valence-corrected chi connectivity index (χ3v) is 5.65. The highest BCUT2D eigenvalue weighted by atomic mass is 32.2. The summed E-state index contributed by atoms with van der Waals surface area (Å²) in [6, 6.07) is 0.626. The summed E-state index contributed by atoms with van der Waals surface area (Å²) in [7, 11) is 0. The van der Waals surface area contributed by atoms with Crippen molar-refractivity contribution in [3.05, 3.63) is 12.3 Å². The van der Waals surface area contributed by atoms with Gasteiger partial charge in [0, 0.05) is 23.0 Å². The number of hydrogen-bond donors (Lipinski definition) is 2. The molecule has 2 N–H and O–H groups in total. The lowest BCUT2D eigenvalue weighted by molar-refractivity contribution is 0.528. The molecule has 0 heterocycles. The third kappa shape index (κ3) is 16.5. The number of rotatable bonds is 16. The lowest BCUT2D eigenvalue weighted by Gasteiger charge is -2.22. The van der Waals surface area contributed by atoms with Gasteiger partial charge in [-0.3, -0.25) is 0 Å². The number of thioether (sulfide) groups is 1. The maximum atomic E-state index is 4.16. The molecule has 0 aliphatic heterocycles. The molecule has 0 aromatic rings. The zero-order valence-corrected chi connectivity index (χ0v) is 17.3. The molecule has 0 spiro atoms. The van der Waals surface area contributed by atoms with Crippen LogP contribution in [0.4, 0.5) is 0 Å². The quantitative estimate of drug-likeness (QED) is 0.350. The van der Waals surface area contributed by atoms with Gasteiger partial charge in [0.15, 0.2) is 0 Å². The third-order valence-electron chi connectivity index (χ3n) is 4.34. The topological polar surface area (TPSA) is 24.1 Å². The Hall–Kier alpha value is -0.150. The van der Waals surface area contributed by atoms with Gasteiger partial charge < -0.3 is 10.6 Å². The molecule has 3 heteroatoms. The summed E-state index contributed by atoms with van der Waals surface area (Å²) in [5.41, 5.74) is 1.22. The molecule has 0 saturated carbocycles. The van der Waals surface area contributed by atoms with Gasteiger partial charge in [-0.15, -0.1) is 0 Å². The number of nitrogens with one attached hydrogen (secondary N) is 2. The first kappa shape index (κ1) is 22.9. The molecule has 0 bridgehead atoms. The molecule has 0 aromatic carbocycles. The van der Waals surface area contributed by atoms with E-state index in [1.165, 1.54) is 63.6 Å². The number of hydrogen-bond acceptors (Lipinski definition) is 3. The van der Waals surface area contributed by atoms with Crippen molar-refractivity contribution in [1.29, 1.82) is 0 Å². The van der Waals surface area contributed by atoms with Gasteiger partial charge in [-0.1, -0.05) is 60.0 Å². The summed E-state index contributed by atoms with van der Waals surface area (Å²) in [5.74, 6) is 0. The van der Waals surface area contributed by atoms with Gasteiger partial charge in [-0.05, 0) is 44.9 Å². The van der Waals surface area contributed by atoms with E-state index in [9.17, 15) is 0 Å². The highest BCUT2D eigenvalue weighted by Gasteiger charge is 2.14. The van der Waals surface area contributed by atoms with Crippen LogP contribution in [-0.2, 0) is 0 Å². The van der Waals surface area contributed by atoms with Gasteiger partial charge in [-0.2, -0.15) is 11.8 Å². The van der Waals surface area contributed by atoms with E-state index < -0.39 is 0 Å². The maximum Gasteiger partial charge on any atom is 0.0143 e. The molecule has 0 aromatic heterocycles. The van der Waals surface area contributed by atoms with E-state index in [2.05, 4.69) is 51.2 Å². The molecular weight excluding hydrogens is 300 g/mol. The van der Waals surface area contributed by atoms with Crippen LogP contribution in [0.2, 0.25) is 0 Å². The molecule has 0 saturated heterocycles. The van der Waals surface area contributed by atoms with Crippen molar-refractivity contribution in [2.45, 2.75) is 96.3 Å². The second-order valence-electron chi connectivity index (χ2n) is 7.58. The summed E-state index contributed by atoms with van der Waals surface area (Å²) >= 11 is 1.96. The minimum Gasteiger partial charge on any atom is -0.389 e. The standard InChI is InChI=1S/C20H42N2S/c1-18(2)21-16-11-9-7-8-10-12-17-22-19(3)14-13-15-20(4,5)23-6/h18,21-22H,3,7-17H2,1-2,4-6H3. The average molecular weight is 343 g/mol. The molecule has 23 heavy (non-hydrogen) atoms. The van der Waals surface area contributed by atoms with Gasteiger partial charge in [0.1, 0.15) is 0 Å². The van der Waals surface area contributed by atoms with Gasteiger partial charge >= 0.3 is 0 Å². The molecule has 0 rings (SSSR count). The van der Waals surface area contributed by atoms with Crippen molar-refractivity contribution in [1.82, 2.24) is 10.6 Å². The van der Waals surface area contributed by atoms with Crippen LogP contribution in [0.15, 0.2) is 12.3 Å². The van der Waals surface area contributed by atoms with Crippen molar-refractivity contribution in [3.63, 3.8) is 0 Å². The summed E-state index contributed by atoms with van der Waals surface area (Å²) in [5, 5.41) is 6.98. The molecule has 2 nitrogen and oxygen atoms in total. The van der Waals surface area contributed by atoms with Crippen LogP contribution in [0.25, 0.3) is 0 Å². The lowest BCUT2D eigenvalue weighted by Crippen LogP contribution is -2.23. The first-order chi connectivity index (χ1) is 10.9. The highest BCUT2D eigenvalue weighted by molar-refractivity contribution is 7.99. The smallest absolute Gasteiger partial charge is 0.0143 e. The largest absolute Gasteiger partial charge is 0.389 e. The second kappa shape index (κ2) is 14.2. The molecule has 0 unspecified atom stereocenters. The Balaban J connectivity index is 3.30. The Kier molecular flexibility index (Phi) is 14.1. The maximum absolute atomic E-state index is 4.16. The lowest BCUT2D eigenvalue weighted by atomic mass is 10.0. The van der Waals surface area contributed by atoms with Crippen LogP contribution in [0.1, 0.15) is 85.5 Å². The van der Waals surface area contributed by atoms with Gasteiger partial charge in [0.05, 0.1) is 0 Å². The van der Waals surface area contributed by atoms with Crippen molar-refractivity contribution >= 4 is 11.8 Å². The van der Waals surface area contributed by atoms with Crippen LogP contribution in [0.5, 0.6) is 0 Å². The van der Waals surface area contributed by atoms with Gasteiger partial charge in [0.25, 0.3) is 0 Å². The first-order valence-corrected chi connectivity index (χ1v) is 10.8. The van der Waals surface area contributed by atoms with E-state index in [0.29, 0.717) is 10.8 Å². The van der Waals surface area contributed by atoms with E-state index in [1.54, 1.807) is 0 Å². The summed E-state index contributed by atoms with van der Waals surface area (Å²) in [4.78, 5) is 0. The zero-order chi connectivity index (χ0) is 17.6. The molecule has 0 amide bonds. The second-order valence-corrected chi connectivity index (χ2v) is 9.09. The zero-order valence-electron chi connectivity index (χ0n) is 16.5. The fraction of sp³-hybridized carbons (Fsp3) is 0.900.